The summed E-state index contributed by atoms with van der Waals surface area (Å²) in [7, 11) is -4.85. The van der Waals surface area contributed by atoms with E-state index >= 15 is 0 Å². The molecule has 1 aliphatic rings. The number of alkyl halides is 3. The molecule has 0 amide bonds. The largest absolute Gasteiger partial charge is 0.497 e. The Morgan fingerprint density at radius 2 is 1.73 bits per heavy atom. The number of sulfone groups is 1. The number of hydrogen-bond donors (Lipinski definition) is 0. The number of halogens is 3. The van der Waals surface area contributed by atoms with Crippen LogP contribution in [-0.4, -0.2) is 19.2 Å². The van der Waals surface area contributed by atoms with Crippen LogP contribution in [0.1, 0.15) is 13.3 Å². The molecule has 11 heavy (non-hydrogen) atoms. The minimum atomic E-state index is -5.07. The van der Waals surface area contributed by atoms with Crippen LogP contribution in [0.4, 0.5) is 13.2 Å². The van der Waals surface area contributed by atoms with Crippen LogP contribution in [0.5, 0.6) is 0 Å². The Bertz CT molecular complexity index is 253. The summed E-state index contributed by atoms with van der Waals surface area (Å²) in [6.07, 6.45) is 0.141. The highest BCUT2D eigenvalue weighted by atomic mass is 32.2. The van der Waals surface area contributed by atoms with Crippen molar-refractivity contribution in [2.75, 3.05) is 0 Å². The van der Waals surface area contributed by atoms with E-state index in [9.17, 15) is 21.6 Å². The van der Waals surface area contributed by atoms with Crippen molar-refractivity contribution in [1.82, 2.24) is 0 Å². The van der Waals surface area contributed by atoms with E-state index in [2.05, 4.69) is 0 Å². The lowest BCUT2D eigenvalue weighted by Crippen LogP contribution is -2.27. The lowest BCUT2D eigenvalue weighted by molar-refractivity contribution is -0.0438. The van der Waals surface area contributed by atoms with E-state index < -0.39 is 20.6 Å². The Labute approximate surface area is 62.3 Å². The van der Waals surface area contributed by atoms with Gasteiger partial charge in [0.05, 0.1) is 5.25 Å². The SMILES string of the molecule is CC1CC1S(=O)(=O)C(F)(F)F. The van der Waals surface area contributed by atoms with Crippen molar-refractivity contribution in [3.05, 3.63) is 0 Å². The van der Waals surface area contributed by atoms with Crippen LogP contribution >= 0.6 is 0 Å². The summed E-state index contributed by atoms with van der Waals surface area (Å²) in [5.74, 6) is -0.332. The van der Waals surface area contributed by atoms with E-state index in [4.69, 9.17) is 0 Å². The van der Waals surface area contributed by atoms with Crippen LogP contribution in [0.25, 0.3) is 0 Å². The van der Waals surface area contributed by atoms with Gasteiger partial charge in [-0.1, -0.05) is 6.92 Å². The molecule has 2 atom stereocenters. The summed E-state index contributed by atoms with van der Waals surface area (Å²) in [5.41, 5.74) is -5.07. The first-order valence-corrected chi connectivity index (χ1v) is 4.61. The molecule has 0 saturated heterocycles. The quantitative estimate of drug-likeness (QED) is 0.622. The van der Waals surface area contributed by atoms with Crippen molar-refractivity contribution in [3.8, 4) is 0 Å². The maximum atomic E-state index is 11.7. The van der Waals surface area contributed by atoms with Gasteiger partial charge in [-0.05, 0) is 12.3 Å². The van der Waals surface area contributed by atoms with Gasteiger partial charge in [-0.15, -0.1) is 0 Å². The molecule has 0 aromatic heterocycles. The van der Waals surface area contributed by atoms with E-state index in [1.807, 2.05) is 0 Å². The van der Waals surface area contributed by atoms with Gasteiger partial charge in [0.2, 0.25) is 0 Å². The van der Waals surface area contributed by atoms with Crippen molar-refractivity contribution >= 4 is 9.84 Å². The summed E-state index contributed by atoms with van der Waals surface area (Å²) in [6.45, 7) is 1.49. The summed E-state index contributed by atoms with van der Waals surface area (Å²) in [6, 6.07) is 0. The van der Waals surface area contributed by atoms with E-state index in [-0.39, 0.29) is 12.3 Å². The van der Waals surface area contributed by atoms with Crippen molar-refractivity contribution in [2.24, 2.45) is 5.92 Å². The van der Waals surface area contributed by atoms with Crippen molar-refractivity contribution in [2.45, 2.75) is 24.1 Å². The Morgan fingerprint density at radius 3 is 1.82 bits per heavy atom. The van der Waals surface area contributed by atoms with Crippen LogP contribution in [-0.2, 0) is 9.84 Å². The molecule has 1 saturated carbocycles. The Kier molecular flexibility index (Phi) is 1.70. The van der Waals surface area contributed by atoms with Crippen LogP contribution in [0.2, 0.25) is 0 Å². The van der Waals surface area contributed by atoms with Crippen LogP contribution in [0.3, 0.4) is 0 Å². The lowest BCUT2D eigenvalue weighted by atomic mass is 10.5. The molecule has 0 aromatic rings. The van der Waals surface area contributed by atoms with Gasteiger partial charge in [0.15, 0.2) is 0 Å². The third-order valence-electron chi connectivity index (χ3n) is 1.76. The van der Waals surface area contributed by atoms with Gasteiger partial charge in [0.1, 0.15) is 0 Å². The molecule has 0 N–H and O–H groups in total. The third kappa shape index (κ3) is 1.36. The molecule has 1 fully saturated rings. The third-order valence-corrected chi connectivity index (χ3v) is 3.86. The summed E-state index contributed by atoms with van der Waals surface area (Å²) >= 11 is 0. The topological polar surface area (TPSA) is 34.1 Å². The molecule has 0 radical (unpaired) electrons. The van der Waals surface area contributed by atoms with E-state index in [0.717, 1.165) is 0 Å². The smallest absolute Gasteiger partial charge is 0.219 e. The van der Waals surface area contributed by atoms with Gasteiger partial charge in [-0.25, -0.2) is 8.42 Å². The standard InChI is InChI=1S/C5H7F3O2S/c1-3-2-4(3)11(9,10)5(6,7)8/h3-4H,2H2,1H3. The van der Waals surface area contributed by atoms with Crippen molar-refractivity contribution in [3.63, 3.8) is 0 Å². The summed E-state index contributed by atoms with van der Waals surface area (Å²) in [4.78, 5) is 0. The first kappa shape index (κ1) is 8.83. The predicted molar refractivity (Wildman–Crippen MR) is 32.5 cm³/mol. The molecular formula is C5H7F3O2S. The highest BCUT2D eigenvalue weighted by Gasteiger charge is 2.58. The molecule has 1 rings (SSSR count). The molecule has 66 valence electrons. The molecular weight excluding hydrogens is 181 g/mol. The van der Waals surface area contributed by atoms with Crippen LogP contribution < -0.4 is 0 Å². The molecule has 2 unspecified atom stereocenters. The van der Waals surface area contributed by atoms with Gasteiger partial charge in [-0.3, -0.25) is 0 Å². The molecule has 6 heteroatoms. The molecule has 0 spiro atoms. The van der Waals surface area contributed by atoms with E-state index in [0.29, 0.717) is 0 Å². The van der Waals surface area contributed by atoms with Gasteiger partial charge in [0.25, 0.3) is 9.84 Å². The first-order valence-electron chi connectivity index (χ1n) is 3.07. The van der Waals surface area contributed by atoms with Gasteiger partial charge < -0.3 is 0 Å². The number of rotatable bonds is 1. The molecule has 1 aliphatic carbocycles. The predicted octanol–water partition coefficient (Wildman–Crippen LogP) is 1.33. The Morgan fingerprint density at radius 1 is 1.36 bits per heavy atom. The molecule has 0 heterocycles. The second kappa shape index (κ2) is 2.12. The maximum absolute atomic E-state index is 11.7. The highest BCUT2D eigenvalue weighted by Crippen LogP contribution is 2.43. The lowest BCUT2D eigenvalue weighted by Gasteiger charge is -2.05. The zero-order chi connectivity index (χ0) is 8.86. The average Bonchev–Trinajstić information content (AvgIpc) is 2.43. The second-order valence-corrected chi connectivity index (χ2v) is 4.90. The maximum Gasteiger partial charge on any atom is 0.497 e. The molecule has 2 nitrogen and oxygen atoms in total. The zero-order valence-electron chi connectivity index (χ0n) is 5.72. The fourth-order valence-electron chi connectivity index (χ4n) is 0.892. The normalized spacial score (nSPS) is 32.0. The van der Waals surface area contributed by atoms with Crippen molar-refractivity contribution in [1.29, 1.82) is 0 Å². The number of hydrogen-bond acceptors (Lipinski definition) is 2. The monoisotopic (exact) mass is 188 g/mol. The Hall–Kier alpha value is -0.260. The van der Waals surface area contributed by atoms with Gasteiger partial charge in [-0.2, -0.15) is 13.2 Å². The van der Waals surface area contributed by atoms with Gasteiger partial charge in [0, 0.05) is 0 Å². The van der Waals surface area contributed by atoms with Gasteiger partial charge >= 0.3 is 5.51 Å². The highest BCUT2D eigenvalue weighted by molar-refractivity contribution is 7.93. The summed E-state index contributed by atoms with van der Waals surface area (Å²) in [5, 5.41) is -1.18. The fourth-order valence-corrected chi connectivity index (χ4v) is 2.40. The molecule has 0 bridgehead atoms. The van der Waals surface area contributed by atoms with Crippen LogP contribution in [0.15, 0.2) is 0 Å². The molecule has 0 aliphatic heterocycles. The first-order chi connectivity index (χ1) is 4.77. The van der Waals surface area contributed by atoms with E-state index in [1.54, 1.807) is 0 Å². The zero-order valence-corrected chi connectivity index (χ0v) is 6.54. The minimum Gasteiger partial charge on any atom is -0.219 e. The second-order valence-electron chi connectivity index (χ2n) is 2.74. The summed E-state index contributed by atoms with van der Waals surface area (Å²) < 4.78 is 56.1. The van der Waals surface area contributed by atoms with Crippen LogP contribution in [0, 0.1) is 5.92 Å². The minimum absolute atomic E-state index is 0.141. The average molecular weight is 188 g/mol. The Balaban J connectivity index is 2.86. The van der Waals surface area contributed by atoms with E-state index in [1.165, 1.54) is 6.92 Å². The molecule has 0 aromatic carbocycles. The van der Waals surface area contributed by atoms with Crippen molar-refractivity contribution < 1.29 is 21.6 Å². The fraction of sp³-hybridized carbons (Fsp3) is 1.00.